The number of allylic oxidation sites excluding steroid dienone is 1. The van der Waals surface area contributed by atoms with Gasteiger partial charge in [0.2, 0.25) is 0 Å². The molecule has 2 heteroatoms. The second-order valence-electron chi connectivity index (χ2n) is 10.3. The Hall–Kier alpha value is 0.320. The van der Waals surface area contributed by atoms with Gasteiger partial charge >= 0.3 is 0 Å². The Bertz CT molecular complexity index is 522. The smallest absolute Gasteiger partial charge is 0.0713 e. The van der Waals surface area contributed by atoms with E-state index in [0.29, 0.717) is 15.3 Å². The summed E-state index contributed by atoms with van der Waals surface area (Å²) in [6, 6.07) is 0. The summed E-state index contributed by atoms with van der Waals surface area (Å²) < 4.78 is 0.451. The summed E-state index contributed by atoms with van der Waals surface area (Å²) in [6.07, 6.45) is 19.4. The van der Waals surface area contributed by atoms with E-state index in [9.17, 15) is 0 Å². The molecule has 0 spiro atoms. The van der Waals surface area contributed by atoms with Crippen LogP contribution in [0.15, 0.2) is 10.6 Å². The molecule has 0 heterocycles. The van der Waals surface area contributed by atoms with Crippen molar-refractivity contribution < 1.29 is 0 Å². The van der Waals surface area contributed by atoms with Crippen molar-refractivity contribution in [3.8, 4) is 0 Å². The topological polar surface area (TPSA) is 0 Å². The van der Waals surface area contributed by atoms with Crippen molar-refractivity contribution in [2.75, 3.05) is 0 Å². The van der Waals surface area contributed by atoms with Gasteiger partial charge in [0.1, 0.15) is 4.49 Å². The standard InChI is InChI=1S/C23H36Cl2/c1-22-14-4-3-6-16(22)9-11-18-19-12-10-17(7-5-8-21(24)25)23(19,2)15-13-20(18)22/h8,16-20H,3-7,9-15H2,1-2H3/t16?,17-,18-,19-,20-,22-,23+/m0/s1. The third kappa shape index (κ3) is 3.12. The molecule has 0 bridgehead atoms. The third-order valence-electron chi connectivity index (χ3n) is 9.59. The highest BCUT2D eigenvalue weighted by Crippen LogP contribution is 2.67. The van der Waals surface area contributed by atoms with E-state index >= 15 is 0 Å². The molecular formula is C23H36Cl2. The van der Waals surface area contributed by atoms with E-state index < -0.39 is 0 Å². The van der Waals surface area contributed by atoms with E-state index in [1.54, 1.807) is 0 Å². The summed E-state index contributed by atoms with van der Waals surface area (Å²) in [5, 5.41) is 0. The highest BCUT2D eigenvalue weighted by molar-refractivity contribution is 6.55. The Morgan fingerprint density at radius 2 is 1.68 bits per heavy atom. The van der Waals surface area contributed by atoms with Crippen LogP contribution in [0.25, 0.3) is 0 Å². The zero-order valence-electron chi connectivity index (χ0n) is 16.2. The van der Waals surface area contributed by atoms with Crippen molar-refractivity contribution >= 4 is 23.2 Å². The fourth-order valence-electron chi connectivity index (χ4n) is 8.27. The molecule has 4 aliphatic carbocycles. The van der Waals surface area contributed by atoms with E-state index in [1.165, 1.54) is 70.6 Å². The minimum Gasteiger partial charge on any atom is -0.0713 e. The average molecular weight is 383 g/mol. The zero-order valence-corrected chi connectivity index (χ0v) is 17.7. The monoisotopic (exact) mass is 382 g/mol. The molecule has 0 radical (unpaired) electrons. The van der Waals surface area contributed by atoms with Crippen LogP contribution in [-0.2, 0) is 0 Å². The van der Waals surface area contributed by atoms with Crippen LogP contribution in [0.1, 0.15) is 90.9 Å². The lowest BCUT2D eigenvalue weighted by Gasteiger charge is -2.60. The molecule has 4 fully saturated rings. The normalized spacial score (nSPS) is 49.0. The van der Waals surface area contributed by atoms with E-state index in [2.05, 4.69) is 13.8 Å². The summed E-state index contributed by atoms with van der Waals surface area (Å²) >= 11 is 11.7. The number of hydrogen-bond acceptors (Lipinski definition) is 0. The van der Waals surface area contributed by atoms with E-state index in [-0.39, 0.29) is 0 Å². The Balaban J connectivity index is 1.50. The van der Waals surface area contributed by atoms with Gasteiger partial charge in [-0.05, 0) is 105 Å². The number of hydrogen-bond donors (Lipinski definition) is 0. The maximum atomic E-state index is 5.83. The van der Waals surface area contributed by atoms with Crippen LogP contribution >= 0.6 is 23.2 Å². The van der Waals surface area contributed by atoms with Crippen molar-refractivity contribution in [3.63, 3.8) is 0 Å². The van der Waals surface area contributed by atoms with Crippen molar-refractivity contribution in [1.29, 1.82) is 0 Å². The summed E-state index contributed by atoms with van der Waals surface area (Å²) in [5.41, 5.74) is 1.27. The van der Waals surface area contributed by atoms with Crippen LogP contribution in [0.5, 0.6) is 0 Å². The lowest BCUT2D eigenvalue weighted by molar-refractivity contribution is -0.111. The molecule has 4 saturated carbocycles. The molecule has 142 valence electrons. The molecule has 1 unspecified atom stereocenters. The quantitative estimate of drug-likeness (QED) is 0.461. The molecule has 0 nitrogen and oxygen atoms in total. The first kappa shape index (κ1) is 18.7. The molecule has 25 heavy (non-hydrogen) atoms. The highest BCUT2D eigenvalue weighted by atomic mass is 35.5. The summed E-state index contributed by atoms with van der Waals surface area (Å²) in [6.45, 7) is 5.34. The van der Waals surface area contributed by atoms with Crippen LogP contribution in [0.2, 0.25) is 0 Å². The molecular weight excluding hydrogens is 347 g/mol. The molecule has 0 amide bonds. The van der Waals surface area contributed by atoms with Crippen LogP contribution in [0, 0.1) is 40.4 Å². The van der Waals surface area contributed by atoms with Crippen LogP contribution in [0.3, 0.4) is 0 Å². The van der Waals surface area contributed by atoms with Gasteiger partial charge < -0.3 is 0 Å². The van der Waals surface area contributed by atoms with Gasteiger partial charge in [-0.15, -0.1) is 0 Å². The average Bonchev–Trinajstić information content (AvgIpc) is 2.91. The van der Waals surface area contributed by atoms with Crippen molar-refractivity contribution in [2.45, 2.75) is 90.9 Å². The number of halogens is 2. The Labute approximate surface area is 165 Å². The maximum absolute atomic E-state index is 5.83. The van der Waals surface area contributed by atoms with Crippen molar-refractivity contribution in [1.82, 2.24) is 0 Å². The van der Waals surface area contributed by atoms with E-state index in [1.807, 2.05) is 6.08 Å². The van der Waals surface area contributed by atoms with Gasteiger partial charge in [0.05, 0.1) is 0 Å². The molecule has 4 rings (SSSR count). The van der Waals surface area contributed by atoms with E-state index in [4.69, 9.17) is 23.2 Å². The number of fused-ring (bicyclic) bond motifs is 5. The Morgan fingerprint density at radius 1 is 0.880 bits per heavy atom. The maximum Gasteiger partial charge on any atom is 0.102 e. The first-order valence-electron chi connectivity index (χ1n) is 11.0. The fourth-order valence-corrected chi connectivity index (χ4v) is 8.49. The first-order valence-corrected chi connectivity index (χ1v) is 11.7. The molecule has 0 aromatic carbocycles. The SMILES string of the molecule is C[C@]12CC[C@H]3[C@@H](CCC4CCCC[C@@]43C)[C@@H]1CC[C@@H]2CCC=C(Cl)Cl. The van der Waals surface area contributed by atoms with Crippen molar-refractivity contribution in [2.24, 2.45) is 40.4 Å². The minimum absolute atomic E-state index is 0.451. The zero-order chi connectivity index (χ0) is 17.7. The lowest BCUT2D eigenvalue weighted by Crippen LogP contribution is -2.52. The van der Waals surface area contributed by atoms with Gasteiger partial charge in [-0.1, -0.05) is 56.0 Å². The Morgan fingerprint density at radius 3 is 2.48 bits per heavy atom. The second kappa shape index (κ2) is 7.05. The molecule has 0 N–H and O–H groups in total. The fraction of sp³-hybridized carbons (Fsp3) is 0.913. The minimum atomic E-state index is 0.451. The summed E-state index contributed by atoms with van der Waals surface area (Å²) in [5.74, 6) is 4.97. The predicted molar refractivity (Wildman–Crippen MR) is 109 cm³/mol. The van der Waals surface area contributed by atoms with Gasteiger partial charge in [0, 0.05) is 0 Å². The molecule has 0 aromatic heterocycles. The van der Waals surface area contributed by atoms with Gasteiger partial charge in [-0.3, -0.25) is 0 Å². The summed E-state index contributed by atoms with van der Waals surface area (Å²) in [4.78, 5) is 0. The number of rotatable bonds is 3. The largest absolute Gasteiger partial charge is 0.102 e. The molecule has 0 aliphatic heterocycles. The van der Waals surface area contributed by atoms with Crippen LogP contribution < -0.4 is 0 Å². The van der Waals surface area contributed by atoms with Crippen molar-refractivity contribution in [3.05, 3.63) is 10.6 Å². The van der Waals surface area contributed by atoms with Gasteiger partial charge in [-0.25, -0.2) is 0 Å². The molecule has 0 saturated heterocycles. The molecule has 7 atom stereocenters. The van der Waals surface area contributed by atoms with Gasteiger partial charge in [0.15, 0.2) is 0 Å². The third-order valence-corrected chi connectivity index (χ3v) is 9.90. The summed E-state index contributed by atoms with van der Waals surface area (Å²) in [7, 11) is 0. The Kier molecular flexibility index (Phi) is 5.26. The van der Waals surface area contributed by atoms with Crippen LogP contribution in [-0.4, -0.2) is 0 Å². The van der Waals surface area contributed by atoms with Gasteiger partial charge in [0.25, 0.3) is 0 Å². The lowest BCUT2D eigenvalue weighted by atomic mass is 9.45. The highest BCUT2D eigenvalue weighted by Gasteiger charge is 2.59. The van der Waals surface area contributed by atoms with Gasteiger partial charge in [-0.2, -0.15) is 0 Å². The molecule has 0 aromatic rings. The van der Waals surface area contributed by atoms with Crippen LogP contribution in [0.4, 0.5) is 0 Å². The van der Waals surface area contributed by atoms with E-state index in [0.717, 1.165) is 36.0 Å². The molecule has 4 aliphatic rings. The first-order chi connectivity index (χ1) is 11.9. The predicted octanol–water partition coefficient (Wildman–Crippen LogP) is 8.13. The second-order valence-corrected chi connectivity index (χ2v) is 11.3.